The van der Waals surface area contributed by atoms with Gasteiger partial charge in [0.2, 0.25) is 11.0 Å². The van der Waals surface area contributed by atoms with Crippen LogP contribution in [0.2, 0.25) is 0 Å². The van der Waals surface area contributed by atoms with E-state index >= 15 is 0 Å². The van der Waals surface area contributed by atoms with Crippen molar-refractivity contribution in [3.63, 3.8) is 0 Å². The number of halogens is 2. The summed E-state index contributed by atoms with van der Waals surface area (Å²) in [6, 6.07) is 3.53. The first-order valence-electron chi connectivity index (χ1n) is 9.88. The number of primary amides is 2. The third-order valence-electron chi connectivity index (χ3n) is 5.56. The van der Waals surface area contributed by atoms with Gasteiger partial charge in [-0.2, -0.15) is 4.37 Å². The number of rotatable bonds is 6. The molecule has 12 heteroatoms. The Kier molecular flexibility index (Phi) is 6.24. The van der Waals surface area contributed by atoms with Crippen molar-refractivity contribution in [1.29, 1.82) is 0 Å². The van der Waals surface area contributed by atoms with Gasteiger partial charge in [-0.1, -0.05) is 17.8 Å². The molecule has 170 valence electrons. The molecule has 2 aliphatic rings. The second-order valence-corrected chi connectivity index (χ2v) is 9.43. The van der Waals surface area contributed by atoms with Crippen LogP contribution in [0.25, 0.3) is 0 Å². The third kappa shape index (κ3) is 4.11. The fourth-order valence-corrected chi connectivity index (χ4v) is 5.86. The van der Waals surface area contributed by atoms with Crippen LogP contribution < -0.4 is 26.8 Å². The maximum Gasteiger partial charge on any atom is 0.268 e. The molecule has 0 saturated heterocycles. The molecule has 1 aliphatic heterocycles. The number of benzene rings is 1. The topological polar surface area (TPSA) is 138 Å². The Balaban J connectivity index is 1.67. The molecule has 1 aromatic heterocycles. The number of nitrogens with zero attached hydrogens (tertiary/aromatic N) is 2. The van der Waals surface area contributed by atoms with Crippen molar-refractivity contribution in [2.45, 2.75) is 37.2 Å². The molecule has 1 aromatic carbocycles. The van der Waals surface area contributed by atoms with Crippen LogP contribution in [0.4, 0.5) is 14.5 Å². The van der Waals surface area contributed by atoms with Gasteiger partial charge >= 0.3 is 0 Å². The highest BCUT2D eigenvalue weighted by molar-refractivity contribution is 8.03. The van der Waals surface area contributed by atoms with E-state index in [0.717, 1.165) is 35.4 Å². The van der Waals surface area contributed by atoms with Crippen LogP contribution in [0.15, 0.2) is 35.1 Å². The molecule has 2 heterocycles. The summed E-state index contributed by atoms with van der Waals surface area (Å²) in [6.07, 6.45) is 3.70. The highest BCUT2D eigenvalue weighted by Crippen LogP contribution is 2.52. The van der Waals surface area contributed by atoms with Crippen molar-refractivity contribution in [2.24, 2.45) is 23.1 Å². The van der Waals surface area contributed by atoms with Crippen LogP contribution >= 0.6 is 23.3 Å². The number of aromatic nitrogens is 1. The van der Waals surface area contributed by atoms with E-state index in [2.05, 4.69) is 4.37 Å². The van der Waals surface area contributed by atoms with Gasteiger partial charge in [0.05, 0.1) is 22.9 Å². The average Bonchev–Trinajstić information content (AvgIpc) is 3.32. The molecule has 8 nitrogen and oxygen atoms in total. The van der Waals surface area contributed by atoms with E-state index < -0.39 is 22.9 Å². The normalized spacial score (nSPS) is 23.4. The summed E-state index contributed by atoms with van der Waals surface area (Å²) in [5, 5.41) is -0.601. The minimum Gasteiger partial charge on any atom is -0.478 e. The Morgan fingerprint density at radius 2 is 1.78 bits per heavy atom. The molecule has 2 aromatic rings. The number of thioether (sulfide) groups is 1. The lowest BCUT2D eigenvalue weighted by atomic mass is 9.87. The highest BCUT2D eigenvalue weighted by Gasteiger charge is 2.41. The van der Waals surface area contributed by atoms with Crippen LogP contribution in [0.3, 0.4) is 0 Å². The van der Waals surface area contributed by atoms with E-state index in [-0.39, 0.29) is 34.2 Å². The van der Waals surface area contributed by atoms with Crippen molar-refractivity contribution in [3.05, 3.63) is 52.3 Å². The number of nitrogens with two attached hydrogens (primary N) is 3. The van der Waals surface area contributed by atoms with Crippen LogP contribution in [0.1, 0.15) is 36.6 Å². The summed E-state index contributed by atoms with van der Waals surface area (Å²) >= 11 is 1.96. The third-order valence-corrected chi connectivity index (χ3v) is 7.36. The first kappa shape index (κ1) is 22.3. The number of hydrogen-bond acceptors (Lipinski definition) is 8. The number of ether oxygens (including phenoxy) is 1. The molecule has 6 N–H and O–H groups in total. The minimum absolute atomic E-state index is 0.0456. The van der Waals surface area contributed by atoms with Gasteiger partial charge in [0.15, 0.2) is 0 Å². The number of carbonyl (C=O) groups excluding carboxylic acids is 2. The summed E-state index contributed by atoms with van der Waals surface area (Å²) in [5.74, 6) is -2.89. The minimum atomic E-state index is -1.01. The predicted octanol–water partition coefficient (Wildman–Crippen LogP) is 2.71. The fourth-order valence-electron chi connectivity index (χ4n) is 3.97. The first-order chi connectivity index (χ1) is 15.3. The second kappa shape index (κ2) is 8.94. The summed E-state index contributed by atoms with van der Waals surface area (Å²) < 4.78 is 39.5. The molecule has 1 saturated carbocycles. The number of carbonyl (C=O) groups is 2. The Morgan fingerprint density at radius 3 is 2.38 bits per heavy atom. The summed E-state index contributed by atoms with van der Waals surface area (Å²) in [7, 11) is 0. The molecule has 2 amide bonds. The second-order valence-electron chi connectivity index (χ2n) is 7.55. The van der Waals surface area contributed by atoms with E-state index in [9.17, 15) is 18.4 Å². The predicted molar refractivity (Wildman–Crippen MR) is 117 cm³/mol. The SMILES string of the molecule is NC(=O)C1=C(N)SC(c2c(F)cccc2F)N1c1cnsc1OC1CCC(C(N)=O)CC1. The van der Waals surface area contributed by atoms with Gasteiger partial charge in [-0.15, -0.1) is 0 Å². The molecule has 1 aliphatic carbocycles. The zero-order valence-electron chi connectivity index (χ0n) is 16.8. The van der Waals surface area contributed by atoms with E-state index in [4.69, 9.17) is 21.9 Å². The Morgan fingerprint density at radius 1 is 1.12 bits per heavy atom. The molecule has 1 unspecified atom stereocenters. The Labute approximate surface area is 190 Å². The maximum atomic E-state index is 14.6. The Bertz CT molecular complexity index is 1060. The molecule has 0 radical (unpaired) electrons. The fraction of sp³-hybridized carbons (Fsp3) is 0.350. The average molecular weight is 482 g/mol. The molecule has 0 bridgehead atoms. The monoisotopic (exact) mass is 481 g/mol. The van der Waals surface area contributed by atoms with Crippen molar-refractivity contribution < 1.29 is 23.1 Å². The molecule has 1 fully saturated rings. The first-order valence-corrected chi connectivity index (χ1v) is 11.5. The summed E-state index contributed by atoms with van der Waals surface area (Å²) in [4.78, 5) is 25.0. The van der Waals surface area contributed by atoms with Gasteiger partial charge in [0, 0.05) is 17.5 Å². The van der Waals surface area contributed by atoms with Crippen molar-refractivity contribution >= 4 is 40.8 Å². The zero-order chi connectivity index (χ0) is 23.0. The van der Waals surface area contributed by atoms with Gasteiger partial charge in [-0.3, -0.25) is 9.59 Å². The van der Waals surface area contributed by atoms with Crippen LogP contribution in [0.5, 0.6) is 5.06 Å². The quantitative estimate of drug-likeness (QED) is 0.577. The van der Waals surface area contributed by atoms with Gasteiger partial charge in [-0.25, -0.2) is 8.78 Å². The lowest BCUT2D eigenvalue weighted by Gasteiger charge is -2.30. The number of anilines is 1. The lowest BCUT2D eigenvalue weighted by molar-refractivity contribution is -0.123. The van der Waals surface area contributed by atoms with E-state index in [1.807, 2.05) is 0 Å². The highest BCUT2D eigenvalue weighted by atomic mass is 32.2. The van der Waals surface area contributed by atoms with Crippen molar-refractivity contribution in [1.82, 2.24) is 4.37 Å². The lowest BCUT2D eigenvalue weighted by Crippen LogP contribution is -2.33. The molecular weight excluding hydrogens is 460 g/mol. The number of hydrogen-bond donors (Lipinski definition) is 3. The molecular formula is C20H21F2N5O3S2. The molecule has 4 rings (SSSR count). The van der Waals surface area contributed by atoms with E-state index in [0.29, 0.717) is 36.4 Å². The zero-order valence-corrected chi connectivity index (χ0v) is 18.4. The van der Waals surface area contributed by atoms with Crippen LogP contribution in [-0.2, 0) is 9.59 Å². The maximum absolute atomic E-state index is 14.6. The smallest absolute Gasteiger partial charge is 0.268 e. The largest absolute Gasteiger partial charge is 0.478 e. The number of amides is 2. The van der Waals surface area contributed by atoms with Gasteiger partial charge in [0.25, 0.3) is 5.91 Å². The molecule has 1 atom stereocenters. The van der Waals surface area contributed by atoms with Gasteiger partial charge < -0.3 is 26.8 Å². The van der Waals surface area contributed by atoms with Crippen molar-refractivity contribution in [3.8, 4) is 5.06 Å². The molecule has 0 spiro atoms. The Hall–Kier alpha value is -2.86. The standard InChI is InChI=1S/C20H21F2N5O3S2/c21-11-2-1-3-12(22)14(11)19-27(15(17(24)29)18(25)31-19)13-8-26-32-20(13)30-10-6-4-9(5-7-10)16(23)28/h1-3,8-10,19H,4-7,25H2,(H2,23,28)(H2,24,29). The summed E-state index contributed by atoms with van der Waals surface area (Å²) in [5.41, 5.74) is 17.0. The van der Waals surface area contributed by atoms with Crippen LogP contribution in [0, 0.1) is 17.6 Å². The van der Waals surface area contributed by atoms with Gasteiger partial charge in [-0.05, 0) is 37.8 Å². The van der Waals surface area contributed by atoms with E-state index in [1.54, 1.807) is 0 Å². The van der Waals surface area contributed by atoms with Gasteiger partial charge in [0.1, 0.15) is 28.4 Å². The summed E-state index contributed by atoms with van der Waals surface area (Å²) in [6.45, 7) is 0. The van der Waals surface area contributed by atoms with Crippen molar-refractivity contribution in [2.75, 3.05) is 4.90 Å². The van der Waals surface area contributed by atoms with E-state index in [1.165, 1.54) is 17.2 Å². The van der Waals surface area contributed by atoms with Crippen LogP contribution in [-0.4, -0.2) is 22.3 Å². The molecule has 32 heavy (non-hydrogen) atoms.